The highest BCUT2D eigenvalue weighted by atomic mass is 16.3. The number of hydrogen-bond donors (Lipinski definition) is 1. The van der Waals surface area contributed by atoms with Crippen molar-refractivity contribution in [2.75, 3.05) is 6.54 Å². The molecule has 3 rings (SSSR count). The molecular weight excluding hydrogens is 358 g/mol. The molecule has 2 aromatic rings. The second-order valence-corrected chi connectivity index (χ2v) is 8.51. The minimum Gasteiger partial charge on any atom is -0.385 e. The summed E-state index contributed by atoms with van der Waals surface area (Å²) in [5.74, 6) is 0.467. The van der Waals surface area contributed by atoms with Gasteiger partial charge in [-0.2, -0.15) is 0 Å². The van der Waals surface area contributed by atoms with Gasteiger partial charge in [-0.15, -0.1) is 0 Å². The van der Waals surface area contributed by atoms with Crippen molar-refractivity contribution in [2.45, 2.75) is 70.4 Å². The number of carbonyl (C=O) groups excluding carboxylic acids is 1. The van der Waals surface area contributed by atoms with Gasteiger partial charge in [-0.3, -0.25) is 4.79 Å². The van der Waals surface area contributed by atoms with Crippen molar-refractivity contribution in [2.24, 2.45) is 5.92 Å². The topological polar surface area (TPSA) is 40.5 Å². The maximum absolute atomic E-state index is 13.3. The molecule has 4 atom stereocenters. The summed E-state index contributed by atoms with van der Waals surface area (Å²) >= 11 is 0. The van der Waals surface area contributed by atoms with Crippen LogP contribution in [0.5, 0.6) is 0 Å². The Kier molecular flexibility index (Phi) is 7.13. The molecule has 3 heteroatoms. The van der Waals surface area contributed by atoms with Crippen LogP contribution in [-0.4, -0.2) is 28.5 Å². The molecule has 2 aromatic carbocycles. The van der Waals surface area contributed by atoms with E-state index in [0.29, 0.717) is 19.4 Å². The Hall–Kier alpha value is -2.13. The van der Waals surface area contributed by atoms with E-state index in [-0.39, 0.29) is 23.8 Å². The van der Waals surface area contributed by atoms with Crippen LogP contribution in [-0.2, 0) is 10.4 Å². The smallest absolute Gasteiger partial charge is 0.223 e. The average Bonchev–Trinajstić information content (AvgIpc) is 2.76. The van der Waals surface area contributed by atoms with Crippen LogP contribution in [0.3, 0.4) is 0 Å². The third kappa shape index (κ3) is 4.56. The number of piperidine rings is 1. The van der Waals surface area contributed by atoms with E-state index in [1.165, 1.54) is 5.56 Å². The number of likely N-dealkylation sites (tertiary alicyclic amines) is 1. The molecule has 0 aliphatic carbocycles. The van der Waals surface area contributed by atoms with Crippen LogP contribution in [0.25, 0.3) is 0 Å². The number of nitrogens with zero attached hydrogens (tertiary/aromatic N) is 1. The van der Waals surface area contributed by atoms with Crippen LogP contribution in [0.15, 0.2) is 60.7 Å². The van der Waals surface area contributed by atoms with Gasteiger partial charge in [-0.05, 0) is 36.3 Å². The zero-order valence-corrected chi connectivity index (χ0v) is 18.1. The Morgan fingerprint density at radius 2 is 1.72 bits per heavy atom. The highest BCUT2D eigenvalue weighted by Crippen LogP contribution is 2.44. The molecule has 0 bridgehead atoms. The number of amides is 1. The van der Waals surface area contributed by atoms with Crippen LogP contribution in [0, 0.1) is 5.92 Å². The van der Waals surface area contributed by atoms with Crippen molar-refractivity contribution in [3.63, 3.8) is 0 Å². The lowest BCUT2D eigenvalue weighted by molar-refractivity contribution is -0.152. The molecule has 0 saturated carbocycles. The van der Waals surface area contributed by atoms with Crippen molar-refractivity contribution >= 4 is 5.91 Å². The van der Waals surface area contributed by atoms with Gasteiger partial charge < -0.3 is 10.0 Å². The molecule has 1 N–H and O–H groups in total. The molecule has 1 amide bonds. The normalized spacial score (nSPS) is 25.6. The SMILES string of the molecule is CCC[C@@H]1[C@H](CC)N(C(=O)CC(C)c2ccccc2)CC[C@@]1(O)c1ccccc1. The van der Waals surface area contributed by atoms with Crippen molar-refractivity contribution in [3.05, 3.63) is 71.8 Å². The summed E-state index contributed by atoms with van der Waals surface area (Å²) in [6, 6.07) is 20.4. The number of hydrogen-bond acceptors (Lipinski definition) is 2. The van der Waals surface area contributed by atoms with Crippen LogP contribution in [0.1, 0.15) is 69.9 Å². The van der Waals surface area contributed by atoms with Gasteiger partial charge in [0.25, 0.3) is 0 Å². The average molecular weight is 394 g/mol. The molecular formula is C26H35NO2. The fraction of sp³-hybridized carbons (Fsp3) is 0.500. The van der Waals surface area contributed by atoms with E-state index in [4.69, 9.17) is 0 Å². The maximum Gasteiger partial charge on any atom is 0.223 e. The highest BCUT2D eigenvalue weighted by Gasteiger charge is 2.48. The van der Waals surface area contributed by atoms with E-state index >= 15 is 0 Å². The predicted molar refractivity (Wildman–Crippen MR) is 119 cm³/mol. The largest absolute Gasteiger partial charge is 0.385 e. The second-order valence-electron chi connectivity index (χ2n) is 8.51. The predicted octanol–water partition coefficient (Wildman–Crippen LogP) is 5.50. The zero-order valence-electron chi connectivity index (χ0n) is 18.1. The third-order valence-electron chi connectivity index (χ3n) is 6.67. The van der Waals surface area contributed by atoms with Crippen LogP contribution in [0.2, 0.25) is 0 Å². The van der Waals surface area contributed by atoms with Gasteiger partial charge in [0, 0.05) is 24.9 Å². The standard InChI is InChI=1S/C26H35NO2/c1-4-12-23-24(5-2)27(18-17-26(23,29)22-15-10-7-11-16-22)25(28)19-20(3)21-13-8-6-9-14-21/h6-11,13-16,20,23-24,29H,4-5,12,17-19H2,1-3H3/t20?,23-,24+,26-/m1/s1. The van der Waals surface area contributed by atoms with E-state index in [0.717, 1.165) is 24.8 Å². The molecule has 1 aliphatic rings. The Balaban J connectivity index is 1.82. The number of carbonyl (C=O) groups is 1. The summed E-state index contributed by atoms with van der Waals surface area (Å²) in [5.41, 5.74) is 1.33. The monoisotopic (exact) mass is 393 g/mol. The van der Waals surface area contributed by atoms with E-state index in [9.17, 15) is 9.90 Å². The molecule has 0 aromatic heterocycles. The maximum atomic E-state index is 13.3. The molecule has 0 spiro atoms. The minimum atomic E-state index is -0.861. The molecule has 156 valence electrons. The highest BCUT2D eigenvalue weighted by molar-refractivity contribution is 5.77. The Labute approximate surface area is 175 Å². The molecule has 1 heterocycles. The number of benzene rings is 2. The first-order chi connectivity index (χ1) is 14.0. The fourth-order valence-corrected chi connectivity index (χ4v) is 5.10. The van der Waals surface area contributed by atoms with Gasteiger partial charge in [-0.25, -0.2) is 0 Å². The van der Waals surface area contributed by atoms with E-state index < -0.39 is 5.60 Å². The minimum absolute atomic E-state index is 0.0598. The molecule has 1 unspecified atom stereocenters. The molecule has 3 nitrogen and oxygen atoms in total. The van der Waals surface area contributed by atoms with Crippen LogP contribution < -0.4 is 0 Å². The molecule has 29 heavy (non-hydrogen) atoms. The number of rotatable bonds is 7. The fourth-order valence-electron chi connectivity index (χ4n) is 5.10. The van der Waals surface area contributed by atoms with Gasteiger partial charge in [0.2, 0.25) is 5.91 Å². The van der Waals surface area contributed by atoms with E-state index in [1.807, 2.05) is 48.5 Å². The number of aliphatic hydroxyl groups is 1. The Morgan fingerprint density at radius 1 is 1.10 bits per heavy atom. The van der Waals surface area contributed by atoms with E-state index in [2.05, 4.69) is 37.8 Å². The van der Waals surface area contributed by atoms with Crippen molar-refractivity contribution < 1.29 is 9.90 Å². The van der Waals surface area contributed by atoms with Crippen molar-refractivity contribution in [1.29, 1.82) is 0 Å². The van der Waals surface area contributed by atoms with Crippen LogP contribution in [0.4, 0.5) is 0 Å². The summed E-state index contributed by atoms with van der Waals surface area (Å²) in [4.78, 5) is 15.4. The summed E-state index contributed by atoms with van der Waals surface area (Å²) in [6.45, 7) is 7.05. The lowest BCUT2D eigenvalue weighted by atomic mass is 9.69. The first kappa shape index (κ1) is 21.6. The second kappa shape index (κ2) is 9.58. The quantitative estimate of drug-likeness (QED) is 0.675. The Morgan fingerprint density at radius 3 is 2.31 bits per heavy atom. The Bertz CT molecular complexity index is 776. The van der Waals surface area contributed by atoms with Gasteiger partial charge in [0.1, 0.15) is 0 Å². The van der Waals surface area contributed by atoms with Gasteiger partial charge >= 0.3 is 0 Å². The zero-order chi connectivity index (χ0) is 20.9. The first-order valence-electron chi connectivity index (χ1n) is 11.1. The molecule has 1 fully saturated rings. The molecule has 0 radical (unpaired) electrons. The van der Waals surface area contributed by atoms with E-state index in [1.54, 1.807) is 0 Å². The van der Waals surface area contributed by atoms with Gasteiger partial charge in [0.15, 0.2) is 0 Å². The van der Waals surface area contributed by atoms with Crippen molar-refractivity contribution in [3.8, 4) is 0 Å². The van der Waals surface area contributed by atoms with Gasteiger partial charge in [-0.1, -0.05) is 87.9 Å². The molecule has 1 saturated heterocycles. The summed E-state index contributed by atoms with van der Waals surface area (Å²) < 4.78 is 0. The van der Waals surface area contributed by atoms with Crippen molar-refractivity contribution in [1.82, 2.24) is 4.90 Å². The van der Waals surface area contributed by atoms with Gasteiger partial charge in [0.05, 0.1) is 5.60 Å². The molecule has 1 aliphatic heterocycles. The lowest BCUT2D eigenvalue weighted by Crippen LogP contribution is -2.57. The summed E-state index contributed by atoms with van der Waals surface area (Å²) in [5, 5.41) is 11.8. The lowest BCUT2D eigenvalue weighted by Gasteiger charge is -2.51. The van der Waals surface area contributed by atoms with Crippen LogP contribution >= 0.6 is 0 Å². The third-order valence-corrected chi connectivity index (χ3v) is 6.67. The summed E-state index contributed by atoms with van der Waals surface area (Å²) in [6.07, 6.45) is 3.90. The summed E-state index contributed by atoms with van der Waals surface area (Å²) in [7, 11) is 0. The first-order valence-corrected chi connectivity index (χ1v) is 11.1.